The van der Waals surface area contributed by atoms with Gasteiger partial charge < -0.3 is 19.3 Å². The molecular weight excluding hydrogens is 294 g/mol. The Morgan fingerprint density at radius 2 is 2.00 bits per heavy atom. The summed E-state index contributed by atoms with van der Waals surface area (Å²) in [6, 6.07) is 3.81. The molecule has 0 bridgehead atoms. The lowest BCUT2D eigenvalue weighted by Crippen LogP contribution is -2.39. The summed E-state index contributed by atoms with van der Waals surface area (Å²) in [5, 5.41) is 10.2. The van der Waals surface area contributed by atoms with Crippen LogP contribution in [0.5, 0.6) is 0 Å². The van der Waals surface area contributed by atoms with E-state index in [0.29, 0.717) is 32.6 Å². The fourth-order valence-electron chi connectivity index (χ4n) is 3.47. The van der Waals surface area contributed by atoms with Crippen molar-refractivity contribution in [3.05, 3.63) is 24.2 Å². The zero-order valence-electron chi connectivity index (χ0n) is 13.7. The van der Waals surface area contributed by atoms with Crippen LogP contribution in [-0.2, 0) is 11.3 Å². The number of carbonyl (C=O) groups excluding carboxylic acids is 1. The second-order valence-corrected chi connectivity index (χ2v) is 6.61. The van der Waals surface area contributed by atoms with Crippen molar-refractivity contribution in [2.75, 3.05) is 45.8 Å². The average Bonchev–Trinajstić information content (AvgIpc) is 3.19. The van der Waals surface area contributed by atoms with Gasteiger partial charge in [-0.15, -0.1) is 0 Å². The van der Waals surface area contributed by atoms with Gasteiger partial charge in [0.15, 0.2) is 0 Å². The number of rotatable bonds is 5. The smallest absolute Gasteiger partial charge is 0.223 e. The minimum absolute atomic E-state index is 0.163. The maximum Gasteiger partial charge on any atom is 0.223 e. The number of β-amino-alcohol motifs (C(OH)–C–C–N with tert-alkyl or cyclic N) is 1. The SMILES string of the molecule is O=C(CCN1CCCC1)N1CCN(Cc2ccco2)C[C@H](O)C1. The van der Waals surface area contributed by atoms with Gasteiger partial charge in [-0.2, -0.15) is 0 Å². The zero-order valence-corrected chi connectivity index (χ0v) is 13.7. The molecule has 0 unspecified atom stereocenters. The molecule has 2 saturated heterocycles. The molecular formula is C17H27N3O3. The molecule has 0 spiro atoms. The van der Waals surface area contributed by atoms with Crippen molar-refractivity contribution in [2.45, 2.75) is 31.9 Å². The molecule has 23 heavy (non-hydrogen) atoms. The lowest BCUT2D eigenvalue weighted by molar-refractivity contribution is -0.132. The molecule has 1 aromatic heterocycles. The second kappa shape index (κ2) is 7.95. The topological polar surface area (TPSA) is 60.2 Å². The third-order valence-electron chi connectivity index (χ3n) is 4.74. The summed E-state index contributed by atoms with van der Waals surface area (Å²) >= 11 is 0. The number of hydrogen-bond donors (Lipinski definition) is 1. The predicted molar refractivity (Wildman–Crippen MR) is 86.9 cm³/mol. The van der Waals surface area contributed by atoms with Gasteiger partial charge in [0.2, 0.25) is 5.91 Å². The summed E-state index contributed by atoms with van der Waals surface area (Å²) in [4.78, 5) is 18.8. The minimum Gasteiger partial charge on any atom is -0.468 e. The maximum atomic E-state index is 12.4. The third kappa shape index (κ3) is 4.80. The van der Waals surface area contributed by atoms with Gasteiger partial charge in [0, 0.05) is 39.1 Å². The highest BCUT2D eigenvalue weighted by Gasteiger charge is 2.25. The van der Waals surface area contributed by atoms with Gasteiger partial charge >= 0.3 is 0 Å². The highest BCUT2D eigenvalue weighted by molar-refractivity contribution is 5.76. The summed E-state index contributed by atoms with van der Waals surface area (Å²) in [6.07, 6.45) is 4.22. The number of aliphatic hydroxyl groups excluding tert-OH is 1. The average molecular weight is 321 g/mol. The molecule has 2 aliphatic rings. The number of likely N-dealkylation sites (tertiary alicyclic amines) is 1. The number of furan rings is 1. The summed E-state index contributed by atoms with van der Waals surface area (Å²) < 4.78 is 5.37. The molecule has 128 valence electrons. The van der Waals surface area contributed by atoms with Crippen LogP contribution < -0.4 is 0 Å². The standard InChI is InChI=1S/C17H27N3O3/c21-15-12-19(14-16-4-3-11-23-16)9-10-20(13-15)17(22)5-8-18-6-1-2-7-18/h3-4,11,15,21H,1-2,5-10,12-14H2/t15-/m0/s1. The minimum atomic E-state index is -0.497. The Morgan fingerprint density at radius 1 is 1.17 bits per heavy atom. The molecule has 1 amide bonds. The van der Waals surface area contributed by atoms with E-state index in [1.165, 1.54) is 12.8 Å². The highest BCUT2D eigenvalue weighted by Crippen LogP contribution is 2.12. The first-order chi connectivity index (χ1) is 11.2. The fraction of sp³-hybridized carbons (Fsp3) is 0.706. The number of amides is 1. The molecule has 3 heterocycles. The van der Waals surface area contributed by atoms with E-state index < -0.39 is 6.10 Å². The normalized spacial score (nSPS) is 24.0. The van der Waals surface area contributed by atoms with E-state index in [1.807, 2.05) is 17.0 Å². The Kier molecular flexibility index (Phi) is 5.70. The lowest BCUT2D eigenvalue weighted by Gasteiger charge is -2.23. The van der Waals surface area contributed by atoms with Crippen molar-refractivity contribution in [2.24, 2.45) is 0 Å². The monoisotopic (exact) mass is 321 g/mol. The fourth-order valence-corrected chi connectivity index (χ4v) is 3.47. The van der Waals surface area contributed by atoms with Crippen molar-refractivity contribution in [1.29, 1.82) is 0 Å². The number of hydrogen-bond acceptors (Lipinski definition) is 5. The first-order valence-electron chi connectivity index (χ1n) is 8.63. The van der Waals surface area contributed by atoms with E-state index >= 15 is 0 Å². The van der Waals surface area contributed by atoms with E-state index in [-0.39, 0.29) is 5.91 Å². The van der Waals surface area contributed by atoms with Crippen LogP contribution in [0.2, 0.25) is 0 Å². The first-order valence-corrected chi connectivity index (χ1v) is 8.63. The van der Waals surface area contributed by atoms with Gasteiger partial charge in [0.25, 0.3) is 0 Å². The van der Waals surface area contributed by atoms with Gasteiger partial charge in [0.1, 0.15) is 5.76 Å². The molecule has 2 aliphatic heterocycles. The molecule has 3 rings (SSSR count). The van der Waals surface area contributed by atoms with Gasteiger partial charge in [-0.3, -0.25) is 9.69 Å². The quantitative estimate of drug-likeness (QED) is 0.868. The molecule has 6 nitrogen and oxygen atoms in total. The summed E-state index contributed by atoms with van der Waals surface area (Å²) in [5.41, 5.74) is 0. The maximum absolute atomic E-state index is 12.4. The Labute approximate surface area is 137 Å². The second-order valence-electron chi connectivity index (χ2n) is 6.61. The Morgan fingerprint density at radius 3 is 2.74 bits per heavy atom. The van der Waals surface area contributed by atoms with Crippen LogP contribution in [0.3, 0.4) is 0 Å². The van der Waals surface area contributed by atoms with Gasteiger partial charge in [-0.1, -0.05) is 0 Å². The van der Waals surface area contributed by atoms with E-state index in [1.54, 1.807) is 6.26 Å². The Hall–Kier alpha value is -1.37. The molecule has 1 aromatic rings. The number of nitrogens with zero attached hydrogens (tertiary/aromatic N) is 3. The van der Waals surface area contributed by atoms with Gasteiger partial charge in [-0.25, -0.2) is 0 Å². The largest absolute Gasteiger partial charge is 0.468 e. The van der Waals surface area contributed by atoms with Gasteiger partial charge in [-0.05, 0) is 38.1 Å². The first kappa shape index (κ1) is 16.5. The van der Waals surface area contributed by atoms with Crippen LogP contribution in [0.4, 0.5) is 0 Å². The third-order valence-corrected chi connectivity index (χ3v) is 4.74. The molecule has 2 fully saturated rings. The summed E-state index contributed by atoms with van der Waals surface area (Å²) in [5.74, 6) is 1.06. The van der Waals surface area contributed by atoms with Crippen LogP contribution in [0, 0.1) is 0 Å². The molecule has 6 heteroatoms. The van der Waals surface area contributed by atoms with Gasteiger partial charge in [0.05, 0.1) is 18.9 Å². The lowest BCUT2D eigenvalue weighted by atomic mass is 10.3. The van der Waals surface area contributed by atoms with Crippen LogP contribution in [0.1, 0.15) is 25.0 Å². The summed E-state index contributed by atoms with van der Waals surface area (Å²) in [6.45, 7) is 6.23. The zero-order chi connectivity index (χ0) is 16.1. The highest BCUT2D eigenvalue weighted by atomic mass is 16.3. The molecule has 0 radical (unpaired) electrons. The Bertz CT molecular complexity index is 485. The number of carbonyl (C=O) groups is 1. The van der Waals surface area contributed by atoms with Crippen LogP contribution in [0.15, 0.2) is 22.8 Å². The predicted octanol–water partition coefficient (Wildman–Crippen LogP) is 0.771. The van der Waals surface area contributed by atoms with E-state index in [2.05, 4.69) is 9.80 Å². The van der Waals surface area contributed by atoms with Crippen molar-refractivity contribution >= 4 is 5.91 Å². The molecule has 1 N–H and O–H groups in total. The molecule has 1 atom stereocenters. The summed E-state index contributed by atoms with van der Waals surface area (Å²) in [7, 11) is 0. The van der Waals surface area contributed by atoms with E-state index in [4.69, 9.17) is 4.42 Å². The Balaban J connectivity index is 1.47. The van der Waals surface area contributed by atoms with Crippen molar-refractivity contribution in [1.82, 2.24) is 14.7 Å². The number of aliphatic hydroxyl groups is 1. The van der Waals surface area contributed by atoms with Crippen LogP contribution >= 0.6 is 0 Å². The molecule has 0 aliphatic carbocycles. The van der Waals surface area contributed by atoms with Crippen molar-refractivity contribution < 1.29 is 14.3 Å². The van der Waals surface area contributed by atoms with Crippen molar-refractivity contribution in [3.63, 3.8) is 0 Å². The van der Waals surface area contributed by atoms with Crippen LogP contribution in [-0.4, -0.2) is 77.6 Å². The van der Waals surface area contributed by atoms with Crippen molar-refractivity contribution in [3.8, 4) is 0 Å². The molecule has 0 aromatic carbocycles. The van der Waals surface area contributed by atoms with E-state index in [9.17, 15) is 9.90 Å². The molecule has 0 saturated carbocycles. The van der Waals surface area contributed by atoms with E-state index in [0.717, 1.165) is 31.9 Å². The van der Waals surface area contributed by atoms with Crippen LogP contribution in [0.25, 0.3) is 0 Å².